The molecule has 1 amide bonds. The Morgan fingerprint density at radius 1 is 1.17 bits per heavy atom. The van der Waals surface area contributed by atoms with Gasteiger partial charge in [0.05, 0.1) is 0 Å². The second-order valence-electron chi connectivity index (χ2n) is 5.78. The predicted octanol–water partition coefficient (Wildman–Crippen LogP) is 3.02. The number of aromatic amines is 1. The fraction of sp³-hybridized carbons (Fsp3) is 0.211. The fourth-order valence-electron chi connectivity index (χ4n) is 2.79. The average molecular weight is 340 g/mol. The van der Waals surface area contributed by atoms with Gasteiger partial charge >= 0.3 is 0 Å². The van der Waals surface area contributed by atoms with Crippen molar-refractivity contribution < 1.29 is 9.00 Å². The number of para-hydroxylation sites is 1. The second kappa shape index (κ2) is 7.45. The molecule has 0 spiro atoms. The maximum atomic E-state index is 12.3. The number of nitrogens with one attached hydrogen (secondary N) is 2. The van der Waals surface area contributed by atoms with Gasteiger partial charge < -0.3 is 10.3 Å². The lowest BCUT2D eigenvalue weighted by Crippen LogP contribution is -2.25. The molecule has 1 heterocycles. The van der Waals surface area contributed by atoms with Crippen molar-refractivity contribution in [2.45, 2.75) is 12.2 Å². The first-order valence-electron chi connectivity index (χ1n) is 7.85. The van der Waals surface area contributed by atoms with E-state index in [0.717, 1.165) is 17.5 Å². The first kappa shape index (κ1) is 16.5. The second-order valence-corrected chi connectivity index (χ2v) is 7.22. The number of carbonyl (C=O) groups excluding carboxylic acids is 1. The quantitative estimate of drug-likeness (QED) is 0.724. The summed E-state index contributed by atoms with van der Waals surface area (Å²) in [6.45, 7) is 0.574. The number of H-pyrrole nitrogens is 1. The van der Waals surface area contributed by atoms with E-state index in [1.165, 1.54) is 10.9 Å². The Hall–Kier alpha value is -2.40. The fourth-order valence-corrected chi connectivity index (χ4v) is 3.44. The molecular weight excluding hydrogens is 320 g/mol. The van der Waals surface area contributed by atoms with Crippen molar-refractivity contribution in [3.8, 4) is 0 Å². The van der Waals surface area contributed by atoms with Crippen molar-refractivity contribution in [1.82, 2.24) is 10.3 Å². The molecule has 2 N–H and O–H groups in total. The molecular formula is C19H20N2O2S. The SMILES string of the molecule is CS(=O)Cc1cccc(C(=O)NCCc2c[nH]c3ccccc23)c1. The van der Waals surface area contributed by atoms with Gasteiger partial charge in [0.25, 0.3) is 5.91 Å². The van der Waals surface area contributed by atoms with Gasteiger partial charge in [-0.15, -0.1) is 0 Å². The van der Waals surface area contributed by atoms with Crippen LogP contribution in [0.1, 0.15) is 21.5 Å². The number of benzene rings is 2. The molecule has 1 atom stereocenters. The predicted molar refractivity (Wildman–Crippen MR) is 98.5 cm³/mol. The molecule has 4 nitrogen and oxygen atoms in total. The van der Waals surface area contributed by atoms with Crippen LogP contribution in [-0.4, -0.2) is 27.9 Å². The van der Waals surface area contributed by atoms with Gasteiger partial charge in [-0.05, 0) is 35.7 Å². The van der Waals surface area contributed by atoms with E-state index in [9.17, 15) is 9.00 Å². The summed E-state index contributed by atoms with van der Waals surface area (Å²) >= 11 is 0. The molecule has 5 heteroatoms. The molecule has 3 aromatic rings. The Bertz CT molecular complexity index is 886. The summed E-state index contributed by atoms with van der Waals surface area (Å²) in [4.78, 5) is 15.5. The first-order chi connectivity index (χ1) is 11.6. The lowest BCUT2D eigenvalue weighted by atomic mass is 10.1. The number of hydrogen-bond donors (Lipinski definition) is 2. The van der Waals surface area contributed by atoms with E-state index in [1.807, 2.05) is 42.6 Å². The van der Waals surface area contributed by atoms with Crippen LogP contribution >= 0.6 is 0 Å². The van der Waals surface area contributed by atoms with Crippen LogP contribution in [-0.2, 0) is 23.0 Å². The van der Waals surface area contributed by atoms with Crippen LogP contribution in [0.5, 0.6) is 0 Å². The monoisotopic (exact) mass is 340 g/mol. The summed E-state index contributed by atoms with van der Waals surface area (Å²) in [6.07, 6.45) is 4.43. The van der Waals surface area contributed by atoms with Crippen LogP contribution in [0.15, 0.2) is 54.7 Å². The van der Waals surface area contributed by atoms with E-state index in [-0.39, 0.29) is 5.91 Å². The van der Waals surface area contributed by atoms with Crippen molar-refractivity contribution in [3.63, 3.8) is 0 Å². The number of carbonyl (C=O) groups is 1. The highest BCUT2D eigenvalue weighted by Gasteiger charge is 2.08. The molecule has 2 aromatic carbocycles. The molecule has 1 aromatic heterocycles. The van der Waals surface area contributed by atoms with Gasteiger partial charge in [0.15, 0.2) is 0 Å². The van der Waals surface area contributed by atoms with E-state index < -0.39 is 10.8 Å². The lowest BCUT2D eigenvalue weighted by molar-refractivity contribution is 0.0954. The van der Waals surface area contributed by atoms with Crippen molar-refractivity contribution >= 4 is 27.6 Å². The summed E-state index contributed by atoms with van der Waals surface area (Å²) in [5, 5.41) is 4.15. The van der Waals surface area contributed by atoms with Crippen LogP contribution in [0.2, 0.25) is 0 Å². The summed E-state index contributed by atoms with van der Waals surface area (Å²) < 4.78 is 11.3. The molecule has 0 aliphatic carbocycles. The maximum absolute atomic E-state index is 12.3. The zero-order valence-electron chi connectivity index (χ0n) is 13.5. The molecule has 124 valence electrons. The van der Waals surface area contributed by atoms with E-state index in [4.69, 9.17) is 0 Å². The summed E-state index contributed by atoms with van der Waals surface area (Å²) in [7, 11) is -0.912. The van der Waals surface area contributed by atoms with Gasteiger partial charge in [-0.2, -0.15) is 0 Å². The number of aromatic nitrogens is 1. The van der Waals surface area contributed by atoms with Crippen LogP contribution in [0.4, 0.5) is 0 Å². The zero-order valence-corrected chi connectivity index (χ0v) is 14.4. The summed E-state index contributed by atoms with van der Waals surface area (Å²) in [6, 6.07) is 15.5. The molecule has 1 unspecified atom stereocenters. The maximum Gasteiger partial charge on any atom is 0.251 e. The minimum absolute atomic E-state index is 0.0985. The Kier molecular flexibility index (Phi) is 5.11. The number of hydrogen-bond acceptors (Lipinski definition) is 2. The highest BCUT2D eigenvalue weighted by Crippen LogP contribution is 2.17. The van der Waals surface area contributed by atoms with Gasteiger partial charge in [0, 0.05) is 52.0 Å². The molecule has 0 bridgehead atoms. The zero-order chi connectivity index (χ0) is 16.9. The normalized spacial score (nSPS) is 12.2. The molecule has 0 aliphatic heterocycles. The molecule has 0 saturated carbocycles. The number of rotatable bonds is 6. The lowest BCUT2D eigenvalue weighted by Gasteiger charge is -2.06. The minimum Gasteiger partial charge on any atom is -0.361 e. The van der Waals surface area contributed by atoms with Crippen LogP contribution in [0, 0.1) is 0 Å². The third kappa shape index (κ3) is 3.92. The third-order valence-corrected chi connectivity index (χ3v) is 4.65. The number of amides is 1. The molecule has 0 saturated heterocycles. The molecule has 0 fully saturated rings. The van der Waals surface area contributed by atoms with Crippen molar-refractivity contribution in [3.05, 3.63) is 71.4 Å². The van der Waals surface area contributed by atoms with E-state index in [0.29, 0.717) is 17.9 Å². The Morgan fingerprint density at radius 3 is 2.83 bits per heavy atom. The average Bonchev–Trinajstić information content (AvgIpc) is 2.98. The molecule has 24 heavy (non-hydrogen) atoms. The Balaban J connectivity index is 1.60. The number of fused-ring (bicyclic) bond motifs is 1. The van der Waals surface area contributed by atoms with Crippen LogP contribution in [0.25, 0.3) is 10.9 Å². The highest BCUT2D eigenvalue weighted by molar-refractivity contribution is 7.83. The molecule has 0 aliphatic rings. The first-order valence-corrected chi connectivity index (χ1v) is 9.58. The Morgan fingerprint density at radius 2 is 2.00 bits per heavy atom. The van der Waals surface area contributed by atoms with Gasteiger partial charge in [0.1, 0.15) is 0 Å². The summed E-state index contributed by atoms with van der Waals surface area (Å²) in [5.74, 6) is 0.370. The van der Waals surface area contributed by atoms with E-state index in [2.05, 4.69) is 16.4 Å². The van der Waals surface area contributed by atoms with Crippen molar-refractivity contribution in [2.24, 2.45) is 0 Å². The van der Waals surface area contributed by atoms with E-state index >= 15 is 0 Å². The van der Waals surface area contributed by atoms with Gasteiger partial charge in [-0.25, -0.2) is 0 Å². The highest BCUT2D eigenvalue weighted by atomic mass is 32.2. The Labute approximate surface area is 143 Å². The summed E-state index contributed by atoms with van der Waals surface area (Å²) in [5.41, 5.74) is 3.83. The largest absolute Gasteiger partial charge is 0.361 e. The minimum atomic E-state index is -0.912. The van der Waals surface area contributed by atoms with Crippen LogP contribution < -0.4 is 5.32 Å². The van der Waals surface area contributed by atoms with Gasteiger partial charge in [-0.1, -0.05) is 30.3 Å². The van der Waals surface area contributed by atoms with Crippen molar-refractivity contribution in [2.75, 3.05) is 12.8 Å². The standard InChI is InChI=1S/C19H20N2O2S/c1-24(23)13-14-5-4-6-15(11-14)19(22)20-10-9-16-12-21-18-8-3-2-7-17(16)18/h2-8,11-12,21H,9-10,13H2,1H3,(H,20,22). The van der Waals surface area contributed by atoms with Crippen molar-refractivity contribution in [1.29, 1.82) is 0 Å². The smallest absolute Gasteiger partial charge is 0.251 e. The third-order valence-electron chi connectivity index (χ3n) is 3.91. The molecule has 0 radical (unpaired) electrons. The van der Waals surface area contributed by atoms with Gasteiger partial charge in [-0.3, -0.25) is 9.00 Å². The van der Waals surface area contributed by atoms with Crippen LogP contribution in [0.3, 0.4) is 0 Å². The molecule has 3 rings (SSSR count). The van der Waals surface area contributed by atoms with Gasteiger partial charge in [0.2, 0.25) is 0 Å². The van der Waals surface area contributed by atoms with E-state index in [1.54, 1.807) is 12.3 Å². The topological polar surface area (TPSA) is 62.0 Å².